The van der Waals surface area contributed by atoms with E-state index in [4.69, 9.17) is 22.6 Å². The number of phenols is 1. The fourth-order valence-electron chi connectivity index (χ4n) is 16.0. The quantitative estimate of drug-likeness (QED) is 0.0158. The molecule has 2 aromatic heterocycles. The van der Waals surface area contributed by atoms with E-state index in [0.29, 0.717) is 64.2 Å². The monoisotopic (exact) mass is 1860 g/mol. The maximum atomic E-state index is 15.7. The number of aromatic nitrogens is 2. The van der Waals surface area contributed by atoms with E-state index in [0.717, 1.165) is 31.4 Å². The van der Waals surface area contributed by atoms with Gasteiger partial charge in [0.25, 0.3) is 0 Å². The van der Waals surface area contributed by atoms with Crippen molar-refractivity contribution in [2.75, 3.05) is 72.0 Å². The number of aliphatic hydroxyl groups excluding tert-OH is 2. The Hall–Kier alpha value is -13.0. The van der Waals surface area contributed by atoms with Crippen LogP contribution in [0.4, 0.5) is 0 Å². The molecule has 3 fully saturated rings. The van der Waals surface area contributed by atoms with E-state index in [2.05, 4.69) is 68.5 Å². The van der Waals surface area contributed by atoms with Gasteiger partial charge in [-0.25, -0.2) is 0 Å². The van der Waals surface area contributed by atoms with Crippen LogP contribution in [-0.2, 0) is 101 Å². The van der Waals surface area contributed by atoms with Gasteiger partial charge in [-0.3, -0.25) is 86.9 Å². The molecular weight excluding hydrogens is 1730 g/mol. The fraction of sp³-hybridized carbons (Fsp3) is 0.545. The normalized spacial score (nSPS) is 24.9. The second kappa shape index (κ2) is 51.0. The van der Waals surface area contributed by atoms with Crippen LogP contribution < -0.4 is 75.7 Å². The number of carboxylic acids is 1. The van der Waals surface area contributed by atoms with E-state index in [9.17, 15) is 73.2 Å². The minimum Gasteiger partial charge on any atom is -0.508 e. The Morgan fingerprint density at radius 3 is 1.68 bits per heavy atom. The summed E-state index contributed by atoms with van der Waals surface area (Å²) in [4.78, 5) is 259. The zero-order valence-corrected chi connectivity index (χ0v) is 75.3. The molecule has 24 N–H and O–H groups in total. The number of hydrogen-bond acceptors (Lipinski definition) is 23. The van der Waals surface area contributed by atoms with E-state index in [1.807, 2.05) is 13.8 Å². The molecule has 3 saturated heterocycles. The van der Waals surface area contributed by atoms with Crippen LogP contribution in [-0.4, -0.2) is 324 Å². The van der Waals surface area contributed by atoms with Gasteiger partial charge in [0.1, 0.15) is 90.3 Å². The number of primary amides is 1. The number of carboxylic acid groups (broad SMARTS) is 1. The number of carbonyl (C=O) groups excluding carboxylic acids is 16. The number of thioether (sulfide) groups is 1. The Morgan fingerprint density at radius 1 is 0.545 bits per heavy atom. The van der Waals surface area contributed by atoms with Crippen molar-refractivity contribution in [3.63, 3.8) is 0 Å². The molecule has 0 unspecified atom stereocenters. The first-order valence-corrected chi connectivity index (χ1v) is 45.0. The van der Waals surface area contributed by atoms with Gasteiger partial charge in [-0.15, -0.1) is 11.8 Å². The van der Waals surface area contributed by atoms with Crippen LogP contribution >= 0.6 is 11.8 Å². The van der Waals surface area contributed by atoms with Crippen LogP contribution in [0.1, 0.15) is 142 Å². The number of guanidine groups is 1. The minimum atomic E-state index is -1.92. The second-order valence-corrected chi connectivity index (χ2v) is 34.1. The lowest BCUT2D eigenvalue weighted by Gasteiger charge is -2.36. The first-order valence-electron chi connectivity index (χ1n) is 43.8. The highest BCUT2D eigenvalue weighted by molar-refractivity contribution is 8.00. The van der Waals surface area contributed by atoms with E-state index in [-0.39, 0.29) is 97.0 Å². The van der Waals surface area contributed by atoms with Crippen molar-refractivity contribution in [3.05, 3.63) is 102 Å². The number of aliphatic hydroxyl groups is 2. The van der Waals surface area contributed by atoms with Crippen LogP contribution in [0.15, 0.2) is 85.2 Å². The number of rotatable bonds is 25. The Morgan fingerprint density at radius 2 is 1.08 bits per heavy atom. The highest BCUT2D eigenvalue weighted by Gasteiger charge is 2.46. The Labute approximate surface area is 768 Å². The Bertz CT molecular complexity index is 4920. The molecule has 0 radical (unpaired) electrons. The highest BCUT2D eigenvalue weighted by atomic mass is 32.2. The molecule has 0 spiro atoms. The standard InChI is InChI=1S/C87H124N22O21S.CH4/c1-8-10-23-66-79(123)98-58(22-16-34-92-87(90)91)76(120)104-65(75(119)95-42-70(89)113)45-131-46-71(114)97-62(36-49-26-28-52(111)29-27-49)82(126)105(5)48(4)74(118)100-60(32-33-88)84(128)108-35-17-25-67(108)80(124)96-47(3)73(117)99-59(30-31-72(115)116)85(129)109-43-53(112)39-69(109)81(125)101-61(37-50-40-93-56-20-14-12-18-54(50)56)77(121)103-64(44-110)78(122)102-63(38-51-41-94-57-21-15-13-19-55(51)57)83(127)107(7)68(24-11-9-2)86(130)106(66)6;/h12-15,18-21,26-29,40-41,47-48,53,58-69,93-94,110-112H,8-11,16-17,22-25,30-39,42-46,88H2,1-7H3,(H2,89,113)(H,95,119)(H,96,124)(H,97,114)(H,98,123)(H,99,117)(H,100,118)(H,101,125)(H,102,122)(H,103,121)(H,104,120)(H,115,116)(H4,90,91,92);1H4/t47-,48-,53+,58-,59-,60-,61-,62-,63-,64-,65-,66-,67-,68-,69-;/m0./s1. The van der Waals surface area contributed by atoms with Crippen molar-refractivity contribution in [3.8, 4) is 5.75 Å². The molecule has 5 aromatic rings. The lowest BCUT2D eigenvalue weighted by Crippen LogP contribution is -2.61. The molecule has 16 amide bonds. The van der Waals surface area contributed by atoms with Crippen LogP contribution in [0.25, 0.3) is 21.8 Å². The summed E-state index contributed by atoms with van der Waals surface area (Å²) in [6.07, 6.45) is 0.547. The summed E-state index contributed by atoms with van der Waals surface area (Å²) in [5.74, 6) is -18.0. The third kappa shape index (κ3) is 29.5. The van der Waals surface area contributed by atoms with Crippen molar-refractivity contribution in [1.29, 1.82) is 5.41 Å². The van der Waals surface area contributed by atoms with Crippen molar-refractivity contribution < 1.29 is 102 Å². The van der Waals surface area contributed by atoms with Gasteiger partial charge < -0.3 is 131 Å². The number of nitrogens with one attached hydrogen (secondary N) is 14. The molecule has 3 aromatic carbocycles. The highest BCUT2D eigenvalue weighted by Crippen LogP contribution is 2.28. The average molecular weight is 1860 g/mol. The first-order chi connectivity index (χ1) is 62.4. The van der Waals surface area contributed by atoms with Gasteiger partial charge in [0.05, 0.1) is 25.0 Å². The number of amides is 16. The lowest BCUT2D eigenvalue weighted by atomic mass is 10.00. The lowest BCUT2D eigenvalue weighted by molar-refractivity contribution is -0.149. The molecular formula is C88H128N22O21S. The summed E-state index contributed by atoms with van der Waals surface area (Å²) < 4.78 is 0. The van der Waals surface area contributed by atoms with Crippen molar-refractivity contribution in [1.82, 2.24) is 93.0 Å². The molecule has 15 atom stereocenters. The van der Waals surface area contributed by atoms with Gasteiger partial charge in [-0.1, -0.05) is 95.5 Å². The average Bonchev–Trinajstić information content (AvgIpc) is 1.66. The topological polar surface area (TPSA) is 653 Å². The molecule has 722 valence electrons. The largest absolute Gasteiger partial charge is 0.508 e. The number of benzene rings is 3. The number of nitrogens with two attached hydrogens (primary N) is 3. The third-order valence-corrected chi connectivity index (χ3v) is 24.5. The summed E-state index contributed by atoms with van der Waals surface area (Å²) >= 11 is 0.775. The molecule has 3 aliphatic rings. The van der Waals surface area contributed by atoms with Crippen molar-refractivity contribution in [2.45, 2.75) is 235 Å². The zero-order valence-electron chi connectivity index (χ0n) is 74.5. The van der Waals surface area contributed by atoms with Crippen molar-refractivity contribution in [2.24, 2.45) is 17.2 Å². The summed E-state index contributed by atoms with van der Waals surface area (Å²) in [6.45, 7) is 3.59. The molecule has 8 rings (SSSR count). The summed E-state index contributed by atoms with van der Waals surface area (Å²) in [5.41, 5.74) is 19.7. The third-order valence-electron chi connectivity index (χ3n) is 23.5. The predicted octanol–water partition coefficient (Wildman–Crippen LogP) is -2.95. The number of hydrogen-bond donors (Lipinski definition) is 21. The number of carbonyl (C=O) groups is 17. The number of para-hydroxylation sites is 2. The first kappa shape index (κ1) is 106. The Kier molecular flexibility index (Phi) is 41.0. The Balaban J connectivity index is 0.0000238. The molecule has 44 heteroatoms. The molecule has 0 bridgehead atoms. The van der Waals surface area contributed by atoms with Gasteiger partial charge in [0, 0.05) is 113 Å². The molecule has 43 nitrogen and oxygen atoms in total. The van der Waals surface area contributed by atoms with E-state index < -0.39 is 248 Å². The van der Waals surface area contributed by atoms with E-state index >= 15 is 28.8 Å². The molecule has 3 aliphatic heterocycles. The van der Waals surface area contributed by atoms with E-state index in [1.54, 1.807) is 60.9 Å². The maximum Gasteiger partial charge on any atom is 0.303 e. The van der Waals surface area contributed by atoms with E-state index in [1.165, 1.54) is 64.2 Å². The number of phenolic OH excluding ortho intramolecular Hbond substituents is 1. The number of unbranched alkanes of at least 4 members (excludes halogenated alkanes) is 2. The zero-order chi connectivity index (χ0) is 96.0. The van der Waals surface area contributed by atoms with Gasteiger partial charge in [-0.05, 0) is 113 Å². The number of aromatic hydroxyl groups is 1. The number of fused-ring (bicyclic) bond motifs is 4. The van der Waals surface area contributed by atoms with Crippen LogP contribution in [0.2, 0.25) is 0 Å². The number of H-pyrrole nitrogens is 2. The van der Waals surface area contributed by atoms with Crippen LogP contribution in [0.5, 0.6) is 5.75 Å². The maximum absolute atomic E-state index is 15.7. The number of nitrogens with zero attached hydrogens (tertiary/aromatic N) is 5. The number of aromatic amines is 2. The second-order valence-electron chi connectivity index (χ2n) is 33.1. The molecule has 5 heterocycles. The predicted molar refractivity (Wildman–Crippen MR) is 487 cm³/mol. The molecule has 132 heavy (non-hydrogen) atoms. The number of likely N-dealkylation sites (N-methyl/N-ethyl adjacent to an activating group) is 3. The number of aliphatic carboxylic acids is 1. The van der Waals surface area contributed by atoms with Crippen molar-refractivity contribution >= 4 is 140 Å². The SMILES string of the molecule is C.CCCC[C@H]1C(=O)N(C)[C@@H](CCCC)C(=O)N[C@@H](CCCNC(=N)N)C(=O)N[C@H](C(=O)NCC(N)=O)CSCC(=O)N[C@@H](Cc2ccc(O)cc2)C(=O)N(C)[C@@H](C)C(=O)N[C@@H](CCN)C(=O)N2CCC[C@H]2C(=O)N[C@@H](C)C(=O)N[C@@H](CCC(=O)O)C(=O)N2C[C@H](O)C[C@H]2C(=O)N[C@@H](Cc2c[nH]c3ccccc23)C(=O)N[C@@H](CO)C(=O)N[C@@H](Cc2c[nH]c3ccccc23)C(=O)N1C. The van der Waals surface area contributed by atoms with Gasteiger partial charge in [0.15, 0.2) is 5.96 Å². The van der Waals surface area contributed by atoms with Gasteiger partial charge in [0.2, 0.25) is 94.5 Å². The summed E-state index contributed by atoms with van der Waals surface area (Å²) in [7, 11) is 3.92. The smallest absolute Gasteiger partial charge is 0.303 e. The fourth-order valence-corrected chi connectivity index (χ4v) is 16.8. The van der Waals surface area contributed by atoms with Crippen LogP contribution in [0, 0.1) is 5.41 Å². The minimum absolute atomic E-state index is 0. The van der Waals surface area contributed by atoms with Gasteiger partial charge >= 0.3 is 5.97 Å². The molecule has 0 saturated carbocycles. The summed E-state index contributed by atoms with van der Waals surface area (Å²) in [5, 5.41) is 80.2. The van der Waals surface area contributed by atoms with Gasteiger partial charge in [-0.2, -0.15) is 0 Å². The molecule has 0 aliphatic carbocycles. The summed E-state index contributed by atoms with van der Waals surface area (Å²) in [6, 6.07) is -2.14. The van der Waals surface area contributed by atoms with Crippen LogP contribution in [0.3, 0.4) is 0 Å².